The molecule has 0 saturated carbocycles. The quantitative estimate of drug-likeness (QED) is 0.354. The van der Waals surface area contributed by atoms with Gasteiger partial charge in [-0.3, -0.25) is 4.79 Å². The van der Waals surface area contributed by atoms with Gasteiger partial charge < -0.3 is 19.8 Å². The third kappa shape index (κ3) is 5.65. The molecule has 1 saturated heterocycles. The largest absolute Gasteiger partial charge is 0.465 e. The molecule has 2 aromatic carbocycles. The zero-order valence-electron chi connectivity index (χ0n) is 21.7. The maximum Gasteiger partial charge on any atom is 0.407 e. The van der Waals surface area contributed by atoms with Crippen LogP contribution in [0.25, 0.3) is 0 Å². The van der Waals surface area contributed by atoms with Gasteiger partial charge in [-0.15, -0.1) is 0 Å². The van der Waals surface area contributed by atoms with Gasteiger partial charge in [0.2, 0.25) is 0 Å². The lowest BCUT2D eigenvalue weighted by molar-refractivity contribution is -0.0736. The van der Waals surface area contributed by atoms with E-state index in [1.807, 2.05) is 20.8 Å². The summed E-state index contributed by atoms with van der Waals surface area (Å²) in [5.74, 6) is -3.01. The van der Waals surface area contributed by atoms with E-state index in [4.69, 9.17) is 16.3 Å². The number of hydrogen-bond donors (Lipinski definition) is 2. The van der Waals surface area contributed by atoms with Crippen molar-refractivity contribution in [2.45, 2.75) is 58.6 Å². The van der Waals surface area contributed by atoms with Crippen molar-refractivity contribution in [2.75, 3.05) is 13.7 Å². The normalized spacial score (nSPS) is 19.7. The smallest absolute Gasteiger partial charge is 0.407 e. The van der Waals surface area contributed by atoms with E-state index >= 15 is 4.39 Å². The molecule has 2 N–H and O–H groups in total. The Morgan fingerprint density at radius 3 is 2.30 bits per heavy atom. The molecule has 0 aromatic heterocycles. The summed E-state index contributed by atoms with van der Waals surface area (Å²) in [6, 6.07) is 7.88. The van der Waals surface area contributed by atoms with E-state index in [1.165, 1.54) is 35.2 Å². The van der Waals surface area contributed by atoms with Crippen LogP contribution in [0, 0.1) is 17.2 Å². The molecule has 3 unspecified atom stereocenters. The molecule has 1 aliphatic heterocycles. The number of amides is 1. The van der Waals surface area contributed by atoms with Crippen LogP contribution in [0.4, 0.5) is 9.18 Å². The lowest BCUT2D eigenvalue weighted by atomic mass is 9.68. The van der Waals surface area contributed by atoms with Crippen LogP contribution in [0.5, 0.6) is 0 Å². The highest BCUT2D eigenvalue weighted by Gasteiger charge is 2.46. The number of ether oxygens (including phenoxy) is 1. The van der Waals surface area contributed by atoms with Crippen LogP contribution >= 0.6 is 11.6 Å². The van der Waals surface area contributed by atoms with Gasteiger partial charge in [0.1, 0.15) is 5.82 Å². The fourth-order valence-corrected chi connectivity index (χ4v) is 5.41. The predicted octanol–water partition coefficient (Wildman–Crippen LogP) is 5.90. The van der Waals surface area contributed by atoms with Gasteiger partial charge in [0, 0.05) is 23.2 Å². The van der Waals surface area contributed by atoms with Crippen LogP contribution < -0.4 is 0 Å². The standard InChI is InChI=1S/C28H33ClFNO6/c1-6-28(36,17-11-12-31(26(34)35)22(15-17)27(2,3)4)18-13-20(25(33)37-5)23(21(30)14-18)24(32)16-7-9-19(29)10-8-16/h7-10,13-14,17,22,36H,6,11-12,15H2,1-5H3,(H,34,35). The van der Waals surface area contributed by atoms with E-state index in [0.717, 1.165) is 13.2 Å². The second-order valence-electron chi connectivity index (χ2n) is 10.6. The Morgan fingerprint density at radius 2 is 1.78 bits per heavy atom. The molecule has 1 heterocycles. The second kappa shape index (κ2) is 10.8. The van der Waals surface area contributed by atoms with Crippen molar-refractivity contribution in [1.82, 2.24) is 4.90 Å². The summed E-state index contributed by atoms with van der Waals surface area (Å²) in [5, 5.41) is 22.0. The molecule has 3 rings (SSSR count). The summed E-state index contributed by atoms with van der Waals surface area (Å²) in [5.41, 5.74) is -2.44. The van der Waals surface area contributed by atoms with E-state index < -0.39 is 46.2 Å². The van der Waals surface area contributed by atoms with E-state index in [0.29, 0.717) is 17.9 Å². The molecule has 0 aliphatic carbocycles. The summed E-state index contributed by atoms with van der Waals surface area (Å²) in [7, 11) is 1.13. The van der Waals surface area contributed by atoms with Gasteiger partial charge >= 0.3 is 12.1 Å². The number of methoxy groups -OCH3 is 1. The summed E-state index contributed by atoms with van der Waals surface area (Å²) >= 11 is 5.90. The minimum atomic E-state index is -1.57. The number of likely N-dealkylation sites (tertiary alicyclic amines) is 1. The lowest BCUT2D eigenvalue weighted by Crippen LogP contribution is -2.54. The molecular formula is C28H33ClFNO6. The van der Waals surface area contributed by atoms with Crippen molar-refractivity contribution in [1.29, 1.82) is 0 Å². The molecule has 0 spiro atoms. The average Bonchev–Trinajstić information content (AvgIpc) is 2.86. The molecule has 9 heteroatoms. The number of rotatable bonds is 6. The fraction of sp³-hybridized carbons (Fsp3) is 0.464. The third-order valence-electron chi connectivity index (χ3n) is 7.39. The first kappa shape index (κ1) is 28.6. The number of esters is 1. The number of aliphatic hydroxyl groups is 1. The predicted molar refractivity (Wildman–Crippen MR) is 138 cm³/mol. The number of carbonyl (C=O) groups is 3. The third-order valence-corrected chi connectivity index (χ3v) is 7.64. The Morgan fingerprint density at radius 1 is 1.16 bits per heavy atom. The number of hydrogen-bond acceptors (Lipinski definition) is 5. The molecule has 1 aliphatic rings. The van der Waals surface area contributed by atoms with Gasteiger partial charge in [-0.25, -0.2) is 14.0 Å². The number of halogens is 2. The highest BCUT2D eigenvalue weighted by Crippen LogP contribution is 2.45. The Hall–Kier alpha value is -2.97. The first-order valence-electron chi connectivity index (χ1n) is 12.2. The molecule has 1 amide bonds. The van der Waals surface area contributed by atoms with Crippen molar-refractivity contribution in [3.05, 3.63) is 69.5 Å². The number of carboxylic acid groups (broad SMARTS) is 1. The number of piperidine rings is 1. The topological polar surface area (TPSA) is 104 Å². The molecular weight excluding hydrogens is 501 g/mol. The second-order valence-corrected chi connectivity index (χ2v) is 11.0. The fourth-order valence-electron chi connectivity index (χ4n) is 5.28. The summed E-state index contributed by atoms with van der Waals surface area (Å²) in [6.45, 7) is 7.77. The average molecular weight is 534 g/mol. The first-order chi connectivity index (χ1) is 17.2. The summed E-state index contributed by atoms with van der Waals surface area (Å²) in [4.78, 5) is 39.2. The van der Waals surface area contributed by atoms with E-state index in [1.54, 1.807) is 6.92 Å². The van der Waals surface area contributed by atoms with Crippen LogP contribution in [0.2, 0.25) is 5.02 Å². The van der Waals surface area contributed by atoms with Crippen LogP contribution in [-0.4, -0.2) is 52.7 Å². The molecule has 0 bridgehead atoms. The van der Waals surface area contributed by atoms with Crippen LogP contribution in [0.3, 0.4) is 0 Å². The van der Waals surface area contributed by atoms with Crippen LogP contribution in [0.1, 0.15) is 78.8 Å². The van der Waals surface area contributed by atoms with Crippen molar-refractivity contribution < 1.29 is 33.7 Å². The maximum absolute atomic E-state index is 15.6. The van der Waals surface area contributed by atoms with E-state index in [9.17, 15) is 24.6 Å². The van der Waals surface area contributed by atoms with E-state index in [2.05, 4.69) is 0 Å². The molecule has 37 heavy (non-hydrogen) atoms. The summed E-state index contributed by atoms with van der Waals surface area (Å²) < 4.78 is 20.5. The van der Waals surface area contributed by atoms with Gasteiger partial charge in [0.15, 0.2) is 5.78 Å². The Labute approximate surface area is 221 Å². The minimum absolute atomic E-state index is 0.140. The molecule has 1 fully saturated rings. The monoisotopic (exact) mass is 533 g/mol. The number of carbonyl (C=O) groups excluding carboxylic acids is 2. The van der Waals surface area contributed by atoms with Crippen molar-refractivity contribution in [3.8, 4) is 0 Å². The highest BCUT2D eigenvalue weighted by atomic mass is 35.5. The van der Waals surface area contributed by atoms with Crippen molar-refractivity contribution in [2.24, 2.45) is 11.3 Å². The molecule has 2 aromatic rings. The zero-order chi connectivity index (χ0) is 27.7. The van der Waals surface area contributed by atoms with Gasteiger partial charge in [-0.05, 0) is 72.6 Å². The first-order valence-corrected chi connectivity index (χ1v) is 12.6. The van der Waals surface area contributed by atoms with Gasteiger partial charge in [0.25, 0.3) is 0 Å². The van der Waals surface area contributed by atoms with Crippen molar-refractivity contribution in [3.63, 3.8) is 0 Å². The van der Waals surface area contributed by atoms with Crippen LogP contribution in [-0.2, 0) is 10.3 Å². The van der Waals surface area contributed by atoms with Crippen molar-refractivity contribution >= 4 is 29.4 Å². The number of ketones is 1. The SMILES string of the molecule is CCC(O)(c1cc(F)c(C(=O)c2ccc(Cl)cc2)c(C(=O)OC)c1)C1CCN(C(=O)O)C(C(C)(C)C)C1. The van der Waals surface area contributed by atoms with Crippen LogP contribution in [0.15, 0.2) is 36.4 Å². The lowest BCUT2D eigenvalue weighted by Gasteiger charge is -2.49. The maximum atomic E-state index is 15.6. The summed E-state index contributed by atoms with van der Waals surface area (Å²) in [6.07, 6.45) is -0.140. The number of benzene rings is 2. The molecule has 0 radical (unpaired) electrons. The molecule has 3 atom stereocenters. The Balaban J connectivity index is 2.10. The van der Waals surface area contributed by atoms with E-state index in [-0.39, 0.29) is 35.7 Å². The highest BCUT2D eigenvalue weighted by molar-refractivity contribution is 6.30. The zero-order valence-corrected chi connectivity index (χ0v) is 22.4. The van der Waals surface area contributed by atoms with Gasteiger partial charge in [-0.1, -0.05) is 39.3 Å². The minimum Gasteiger partial charge on any atom is -0.465 e. The number of nitrogens with zero attached hydrogens (tertiary/aromatic N) is 1. The Bertz CT molecular complexity index is 1190. The van der Waals surface area contributed by atoms with Gasteiger partial charge in [0.05, 0.1) is 23.8 Å². The Kier molecular flexibility index (Phi) is 8.34. The van der Waals surface area contributed by atoms with Gasteiger partial charge in [-0.2, -0.15) is 0 Å². The molecule has 7 nitrogen and oxygen atoms in total. The molecule has 200 valence electrons.